The molecule has 0 spiro atoms. The highest BCUT2D eigenvalue weighted by atomic mass is 16.5. The molecule has 0 bridgehead atoms. The van der Waals surface area contributed by atoms with Gasteiger partial charge in [-0.25, -0.2) is 0 Å². The minimum atomic E-state index is -1.27. The van der Waals surface area contributed by atoms with Crippen molar-refractivity contribution in [1.82, 2.24) is 4.90 Å². The third-order valence-electron chi connectivity index (χ3n) is 12.4. The van der Waals surface area contributed by atoms with Crippen LogP contribution >= 0.6 is 0 Å². The molecule has 10 atom stereocenters. The number of hydrogen-bond acceptors (Lipinski definition) is 5. The monoisotopic (exact) mass is 533 g/mol. The van der Waals surface area contributed by atoms with Crippen LogP contribution in [0.4, 0.5) is 0 Å². The SMILES string of the molecule is CCC(=O)O[C@H]1CC[C@]2(C)[C@H]3CC[C@]4(C)[C@@H]([C@H](C)CCCC(C)C)CC[C@H]4[C@@H]3C[C@@](O)(CN(C)C)[C@@]2(O)C1. The number of rotatable bonds is 9. The summed E-state index contributed by atoms with van der Waals surface area (Å²) in [6.45, 7) is 14.3. The van der Waals surface area contributed by atoms with Crippen molar-refractivity contribution < 1.29 is 19.7 Å². The summed E-state index contributed by atoms with van der Waals surface area (Å²) in [5.41, 5.74) is -2.53. The summed E-state index contributed by atoms with van der Waals surface area (Å²) < 4.78 is 5.78. The van der Waals surface area contributed by atoms with Crippen LogP contribution in [0.5, 0.6) is 0 Å². The molecule has 220 valence electrons. The average molecular weight is 534 g/mol. The van der Waals surface area contributed by atoms with Gasteiger partial charge in [0.25, 0.3) is 0 Å². The summed E-state index contributed by atoms with van der Waals surface area (Å²) in [5, 5.41) is 25.2. The van der Waals surface area contributed by atoms with E-state index in [9.17, 15) is 15.0 Å². The Bertz CT molecular complexity index is 845. The van der Waals surface area contributed by atoms with Gasteiger partial charge in [-0.15, -0.1) is 0 Å². The molecule has 0 unspecified atom stereocenters. The molecule has 0 saturated heterocycles. The number of hydrogen-bond donors (Lipinski definition) is 2. The lowest BCUT2D eigenvalue weighted by molar-refractivity contribution is -0.309. The number of likely N-dealkylation sites (N-methyl/N-ethyl adjacent to an activating group) is 1. The Balaban J connectivity index is 1.62. The maximum absolute atomic E-state index is 12.6. The lowest BCUT2D eigenvalue weighted by atomic mass is 9.39. The van der Waals surface area contributed by atoms with Gasteiger partial charge >= 0.3 is 5.97 Å². The first-order chi connectivity index (χ1) is 17.7. The van der Waals surface area contributed by atoms with E-state index in [1.165, 1.54) is 38.5 Å². The Kier molecular flexibility index (Phi) is 8.75. The Morgan fingerprint density at radius 2 is 1.68 bits per heavy atom. The second-order valence-corrected chi connectivity index (χ2v) is 15.4. The first-order valence-corrected chi connectivity index (χ1v) is 16.0. The van der Waals surface area contributed by atoms with Crippen molar-refractivity contribution in [3.05, 3.63) is 0 Å². The van der Waals surface area contributed by atoms with Crippen molar-refractivity contribution in [2.45, 2.75) is 136 Å². The van der Waals surface area contributed by atoms with Gasteiger partial charge in [0.05, 0.1) is 0 Å². The number of nitrogens with zero attached hydrogens (tertiary/aromatic N) is 1. The lowest BCUT2D eigenvalue weighted by Gasteiger charge is -2.69. The number of aliphatic hydroxyl groups is 2. The van der Waals surface area contributed by atoms with E-state index in [0.717, 1.165) is 37.0 Å². The van der Waals surface area contributed by atoms with Gasteiger partial charge in [-0.1, -0.05) is 60.8 Å². The summed E-state index contributed by atoms with van der Waals surface area (Å²) in [7, 11) is 4.00. The molecule has 0 heterocycles. The van der Waals surface area contributed by atoms with Gasteiger partial charge in [0.2, 0.25) is 0 Å². The van der Waals surface area contributed by atoms with Crippen molar-refractivity contribution in [3.63, 3.8) is 0 Å². The highest BCUT2D eigenvalue weighted by molar-refractivity contribution is 5.69. The zero-order valence-corrected chi connectivity index (χ0v) is 25.9. The summed E-state index contributed by atoms with van der Waals surface area (Å²) in [5.74, 6) is 3.55. The predicted molar refractivity (Wildman–Crippen MR) is 154 cm³/mol. The number of carbonyl (C=O) groups is 1. The third kappa shape index (κ3) is 5.00. The smallest absolute Gasteiger partial charge is 0.305 e. The molecule has 4 rings (SSSR count). The zero-order valence-electron chi connectivity index (χ0n) is 25.9. The van der Waals surface area contributed by atoms with Crippen LogP contribution in [-0.4, -0.2) is 59.0 Å². The van der Waals surface area contributed by atoms with Gasteiger partial charge in [-0.3, -0.25) is 4.79 Å². The standard InChI is InChI=1S/C33H59NO4/c1-9-29(35)38-24-15-18-31(6)28-16-17-30(5)26(23(4)12-10-11-22(2)3)13-14-27(30)25(28)20-32(36,21-34(7)8)33(31,37)19-24/h22-28,36-37H,9-21H2,1-8H3/t23-,24+,25+,26-,27+,28+,30-,31-,32-,33-/m1/s1. The molecule has 38 heavy (non-hydrogen) atoms. The quantitative estimate of drug-likeness (QED) is 0.334. The average Bonchev–Trinajstić information content (AvgIpc) is 3.17. The van der Waals surface area contributed by atoms with Crippen molar-refractivity contribution in [3.8, 4) is 0 Å². The van der Waals surface area contributed by atoms with Crippen molar-refractivity contribution >= 4 is 5.97 Å². The van der Waals surface area contributed by atoms with E-state index in [-0.39, 0.29) is 17.5 Å². The lowest BCUT2D eigenvalue weighted by Crippen LogP contribution is -2.76. The normalized spacial score (nSPS) is 45.4. The van der Waals surface area contributed by atoms with Gasteiger partial charge in [0, 0.05) is 24.8 Å². The third-order valence-corrected chi connectivity index (χ3v) is 12.4. The van der Waals surface area contributed by atoms with E-state index in [2.05, 4.69) is 34.6 Å². The molecule has 5 nitrogen and oxygen atoms in total. The Labute approximate surface area is 233 Å². The van der Waals surface area contributed by atoms with Crippen LogP contribution in [-0.2, 0) is 9.53 Å². The van der Waals surface area contributed by atoms with Crippen LogP contribution in [0.25, 0.3) is 0 Å². The summed E-state index contributed by atoms with van der Waals surface area (Å²) >= 11 is 0. The fourth-order valence-corrected chi connectivity index (χ4v) is 10.6. The van der Waals surface area contributed by atoms with Gasteiger partial charge in [-0.2, -0.15) is 0 Å². The second-order valence-electron chi connectivity index (χ2n) is 15.4. The molecule has 0 radical (unpaired) electrons. The number of fused-ring (bicyclic) bond motifs is 5. The van der Waals surface area contributed by atoms with Crippen LogP contribution in [0.15, 0.2) is 0 Å². The Morgan fingerprint density at radius 3 is 2.32 bits per heavy atom. The predicted octanol–water partition coefficient (Wildman–Crippen LogP) is 6.45. The molecule has 0 aliphatic heterocycles. The minimum absolute atomic E-state index is 0.208. The highest BCUT2D eigenvalue weighted by Crippen LogP contribution is 2.71. The molecule has 4 fully saturated rings. The Morgan fingerprint density at radius 1 is 0.974 bits per heavy atom. The molecule has 4 saturated carbocycles. The number of ether oxygens (including phenoxy) is 1. The second kappa shape index (κ2) is 11.0. The van der Waals surface area contributed by atoms with Crippen LogP contribution in [0.1, 0.15) is 119 Å². The van der Waals surface area contributed by atoms with Crippen molar-refractivity contribution in [2.75, 3.05) is 20.6 Å². The van der Waals surface area contributed by atoms with Gasteiger partial charge in [-0.05, 0) is 100.0 Å². The van der Waals surface area contributed by atoms with Crippen LogP contribution in [0.3, 0.4) is 0 Å². The number of carbonyl (C=O) groups excluding carboxylic acids is 1. The fourth-order valence-electron chi connectivity index (χ4n) is 10.6. The molecule has 5 heteroatoms. The van der Waals surface area contributed by atoms with Crippen LogP contribution < -0.4 is 0 Å². The molecule has 0 amide bonds. The summed E-state index contributed by atoms with van der Waals surface area (Å²) in [6, 6.07) is 0. The van der Waals surface area contributed by atoms with Gasteiger partial charge in [0.1, 0.15) is 17.3 Å². The molecular formula is C33H59NO4. The maximum atomic E-state index is 12.6. The summed E-state index contributed by atoms with van der Waals surface area (Å²) in [4.78, 5) is 14.2. The molecule has 0 aromatic heterocycles. The maximum Gasteiger partial charge on any atom is 0.305 e. The fraction of sp³-hybridized carbons (Fsp3) is 0.970. The first-order valence-electron chi connectivity index (χ1n) is 16.0. The van der Waals surface area contributed by atoms with E-state index in [1.54, 1.807) is 0 Å². The summed E-state index contributed by atoms with van der Waals surface area (Å²) in [6.07, 6.45) is 11.6. The molecule has 0 aromatic rings. The largest absolute Gasteiger partial charge is 0.462 e. The molecular weight excluding hydrogens is 474 g/mol. The van der Waals surface area contributed by atoms with Gasteiger partial charge in [0.15, 0.2) is 0 Å². The van der Waals surface area contributed by atoms with Crippen LogP contribution in [0, 0.1) is 46.3 Å². The molecule has 2 N–H and O–H groups in total. The highest BCUT2D eigenvalue weighted by Gasteiger charge is 2.72. The van der Waals surface area contributed by atoms with Crippen molar-refractivity contribution in [1.29, 1.82) is 0 Å². The van der Waals surface area contributed by atoms with Gasteiger partial charge < -0.3 is 19.8 Å². The first kappa shape index (κ1) is 30.3. The molecule has 4 aliphatic rings. The van der Waals surface area contributed by atoms with E-state index in [4.69, 9.17) is 4.74 Å². The van der Waals surface area contributed by atoms with E-state index in [1.807, 2.05) is 25.9 Å². The zero-order chi connectivity index (χ0) is 28.1. The molecule has 4 aliphatic carbocycles. The molecule has 0 aromatic carbocycles. The number of esters is 1. The van der Waals surface area contributed by atoms with E-state index in [0.29, 0.717) is 49.0 Å². The van der Waals surface area contributed by atoms with E-state index >= 15 is 0 Å². The van der Waals surface area contributed by atoms with Crippen LogP contribution in [0.2, 0.25) is 0 Å². The topological polar surface area (TPSA) is 70.0 Å². The van der Waals surface area contributed by atoms with E-state index < -0.39 is 11.2 Å². The van der Waals surface area contributed by atoms with Crippen molar-refractivity contribution in [2.24, 2.45) is 46.3 Å². The minimum Gasteiger partial charge on any atom is -0.462 e. The Hall–Kier alpha value is -0.650.